The van der Waals surface area contributed by atoms with Crippen LogP contribution in [0.25, 0.3) is 0 Å². The second-order valence-electron chi connectivity index (χ2n) is 4.74. The Labute approximate surface area is 121 Å². The highest BCUT2D eigenvalue weighted by Crippen LogP contribution is 2.27. The van der Waals surface area contributed by atoms with Gasteiger partial charge in [-0.2, -0.15) is 0 Å². The van der Waals surface area contributed by atoms with Gasteiger partial charge in [-0.05, 0) is 31.9 Å². The van der Waals surface area contributed by atoms with Crippen molar-refractivity contribution in [1.29, 1.82) is 0 Å². The molecule has 1 N–H and O–H groups in total. The summed E-state index contributed by atoms with van der Waals surface area (Å²) in [6.45, 7) is 4.10. The molecule has 0 spiro atoms. The Hall–Kier alpha value is -1.07. The van der Waals surface area contributed by atoms with Gasteiger partial charge in [0.15, 0.2) is 0 Å². The lowest BCUT2D eigenvalue weighted by molar-refractivity contribution is -0.137. The van der Waals surface area contributed by atoms with Crippen LogP contribution in [-0.4, -0.2) is 29.3 Å². The molecule has 2 heterocycles. The number of amides is 2. The van der Waals surface area contributed by atoms with Crippen LogP contribution in [0.4, 0.5) is 0 Å². The molecule has 0 aliphatic carbocycles. The summed E-state index contributed by atoms with van der Waals surface area (Å²) in [5.74, 6) is -0.116. The maximum absolute atomic E-state index is 12.2. The van der Waals surface area contributed by atoms with Crippen molar-refractivity contribution in [2.45, 2.75) is 38.8 Å². The topological polar surface area (TPSA) is 49.4 Å². The largest absolute Gasteiger partial charge is 0.347 e. The maximum atomic E-state index is 12.2. The Balaban J connectivity index is 1.99. The third-order valence-electron chi connectivity index (χ3n) is 3.34. The number of halogens is 1. The fourth-order valence-electron chi connectivity index (χ4n) is 2.36. The van der Waals surface area contributed by atoms with Gasteiger partial charge in [-0.15, -0.1) is 11.3 Å². The molecule has 1 aliphatic rings. The van der Waals surface area contributed by atoms with Gasteiger partial charge in [-0.3, -0.25) is 9.59 Å². The highest BCUT2D eigenvalue weighted by Gasteiger charge is 2.32. The summed E-state index contributed by atoms with van der Waals surface area (Å²) in [6.07, 6.45) is 1.63. The lowest BCUT2D eigenvalue weighted by Crippen LogP contribution is -2.45. The number of hydrogen-bond donors (Lipinski definition) is 1. The van der Waals surface area contributed by atoms with Gasteiger partial charge < -0.3 is 10.2 Å². The zero-order valence-corrected chi connectivity index (χ0v) is 12.6. The molecular weight excluding hydrogens is 284 g/mol. The Bertz CT molecular complexity index is 489. The van der Waals surface area contributed by atoms with E-state index < -0.39 is 0 Å². The molecule has 0 radical (unpaired) electrons. The molecule has 19 heavy (non-hydrogen) atoms. The minimum Gasteiger partial charge on any atom is -0.347 e. The Morgan fingerprint density at radius 1 is 1.53 bits per heavy atom. The molecule has 0 saturated carbocycles. The predicted octanol–water partition coefficient (Wildman–Crippen LogP) is 2.59. The number of thiophene rings is 1. The van der Waals surface area contributed by atoms with Crippen LogP contribution in [0.15, 0.2) is 12.1 Å². The van der Waals surface area contributed by atoms with E-state index in [-0.39, 0.29) is 23.9 Å². The third kappa shape index (κ3) is 3.28. The zero-order valence-electron chi connectivity index (χ0n) is 11.0. The maximum Gasteiger partial charge on any atom is 0.243 e. The first kappa shape index (κ1) is 14.3. The number of likely N-dealkylation sites (tertiary alicyclic amines) is 1. The van der Waals surface area contributed by atoms with Crippen LogP contribution in [0, 0.1) is 0 Å². The average molecular weight is 301 g/mol. The molecule has 2 amide bonds. The van der Waals surface area contributed by atoms with E-state index in [9.17, 15) is 9.59 Å². The highest BCUT2D eigenvalue weighted by atomic mass is 35.5. The zero-order chi connectivity index (χ0) is 14.0. The smallest absolute Gasteiger partial charge is 0.243 e. The molecule has 2 atom stereocenters. The molecule has 1 aliphatic heterocycles. The van der Waals surface area contributed by atoms with E-state index in [1.54, 1.807) is 4.90 Å². The molecule has 4 nitrogen and oxygen atoms in total. The molecule has 6 heteroatoms. The second kappa shape index (κ2) is 5.92. The van der Waals surface area contributed by atoms with Crippen molar-refractivity contribution in [2.75, 3.05) is 6.54 Å². The summed E-state index contributed by atoms with van der Waals surface area (Å²) in [4.78, 5) is 26.3. The summed E-state index contributed by atoms with van der Waals surface area (Å²) in [6, 6.07) is 3.33. The number of carbonyl (C=O) groups is 2. The predicted molar refractivity (Wildman–Crippen MR) is 76.3 cm³/mol. The molecule has 1 aromatic heterocycles. The number of nitrogens with zero attached hydrogens (tertiary/aromatic N) is 1. The lowest BCUT2D eigenvalue weighted by atomic mass is 10.2. The molecular formula is C13H17ClN2O2S. The van der Waals surface area contributed by atoms with Crippen molar-refractivity contribution in [2.24, 2.45) is 0 Å². The molecule has 104 valence electrons. The first-order chi connectivity index (χ1) is 8.99. The van der Waals surface area contributed by atoms with Gasteiger partial charge in [0.05, 0.1) is 10.4 Å². The van der Waals surface area contributed by atoms with E-state index in [4.69, 9.17) is 11.6 Å². The molecule has 0 bridgehead atoms. The standard InChI is InChI=1S/C13H17ClN2O2S/c1-8(11-5-6-12(14)19-11)15-13(18)10-4-3-7-16(10)9(2)17/h5-6,8,10H,3-4,7H2,1-2H3,(H,15,18)/t8-,10+/m1/s1. The summed E-state index contributed by atoms with van der Waals surface area (Å²) in [5.41, 5.74) is 0. The van der Waals surface area contributed by atoms with Crippen LogP contribution in [0.2, 0.25) is 4.34 Å². The number of carbonyl (C=O) groups excluding carboxylic acids is 2. The quantitative estimate of drug-likeness (QED) is 0.933. The van der Waals surface area contributed by atoms with Crippen LogP contribution in [0.5, 0.6) is 0 Å². The Morgan fingerprint density at radius 3 is 2.84 bits per heavy atom. The monoisotopic (exact) mass is 300 g/mol. The van der Waals surface area contributed by atoms with Crippen LogP contribution in [0.1, 0.15) is 37.6 Å². The van der Waals surface area contributed by atoms with E-state index >= 15 is 0 Å². The summed E-state index contributed by atoms with van der Waals surface area (Å²) >= 11 is 7.34. The van der Waals surface area contributed by atoms with E-state index in [0.717, 1.165) is 17.7 Å². The third-order valence-corrected chi connectivity index (χ3v) is 4.75. The van der Waals surface area contributed by atoms with Gasteiger partial charge in [0.25, 0.3) is 0 Å². The van der Waals surface area contributed by atoms with Gasteiger partial charge in [0, 0.05) is 18.3 Å². The fraction of sp³-hybridized carbons (Fsp3) is 0.538. The van der Waals surface area contributed by atoms with E-state index in [1.807, 2.05) is 19.1 Å². The lowest BCUT2D eigenvalue weighted by Gasteiger charge is -2.24. The van der Waals surface area contributed by atoms with Crippen LogP contribution >= 0.6 is 22.9 Å². The summed E-state index contributed by atoms with van der Waals surface area (Å²) in [7, 11) is 0. The first-order valence-electron chi connectivity index (χ1n) is 6.32. The molecule has 2 rings (SSSR count). The minimum atomic E-state index is -0.324. The van der Waals surface area contributed by atoms with Crippen LogP contribution in [-0.2, 0) is 9.59 Å². The SMILES string of the molecule is CC(=O)N1CCC[C@H]1C(=O)N[C@H](C)c1ccc(Cl)s1. The number of rotatable bonds is 3. The first-order valence-corrected chi connectivity index (χ1v) is 7.51. The van der Waals surface area contributed by atoms with E-state index in [0.29, 0.717) is 10.9 Å². The molecule has 0 aromatic carbocycles. The van der Waals surface area contributed by atoms with Crippen molar-refractivity contribution < 1.29 is 9.59 Å². The Morgan fingerprint density at radius 2 is 2.26 bits per heavy atom. The van der Waals surface area contributed by atoms with Crippen molar-refractivity contribution in [1.82, 2.24) is 10.2 Å². The van der Waals surface area contributed by atoms with Crippen molar-refractivity contribution in [3.63, 3.8) is 0 Å². The Kier molecular flexibility index (Phi) is 4.47. The second-order valence-corrected chi connectivity index (χ2v) is 6.49. The molecule has 0 unspecified atom stereocenters. The molecule has 1 fully saturated rings. The van der Waals surface area contributed by atoms with Crippen molar-refractivity contribution >= 4 is 34.8 Å². The minimum absolute atomic E-state index is 0.0375. The van der Waals surface area contributed by atoms with Gasteiger partial charge in [0.1, 0.15) is 6.04 Å². The number of hydrogen-bond acceptors (Lipinski definition) is 3. The molecule has 1 saturated heterocycles. The van der Waals surface area contributed by atoms with Gasteiger partial charge in [-0.1, -0.05) is 11.6 Å². The summed E-state index contributed by atoms with van der Waals surface area (Å²) < 4.78 is 0.710. The van der Waals surface area contributed by atoms with Crippen LogP contribution < -0.4 is 5.32 Å². The van der Waals surface area contributed by atoms with Crippen LogP contribution in [0.3, 0.4) is 0 Å². The summed E-state index contributed by atoms with van der Waals surface area (Å²) in [5, 5.41) is 2.96. The normalized spacial score (nSPS) is 20.4. The van der Waals surface area contributed by atoms with Crippen molar-refractivity contribution in [3.05, 3.63) is 21.3 Å². The van der Waals surface area contributed by atoms with E-state index in [2.05, 4.69) is 5.32 Å². The number of nitrogens with one attached hydrogen (secondary N) is 1. The average Bonchev–Trinajstić information content (AvgIpc) is 2.96. The van der Waals surface area contributed by atoms with Gasteiger partial charge >= 0.3 is 0 Å². The fourth-order valence-corrected chi connectivity index (χ4v) is 3.42. The van der Waals surface area contributed by atoms with Gasteiger partial charge in [0.2, 0.25) is 11.8 Å². The van der Waals surface area contributed by atoms with Gasteiger partial charge in [-0.25, -0.2) is 0 Å². The van der Waals surface area contributed by atoms with Crippen molar-refractivity contribution in [3.8, 4) is 0 Å². The molecule has 1 aromatic rings. The van der Waals surface area contributed by atoms with E-state index in [1.165, 1.54) is 18.3 Å². The highest BCUT2D eigenvalue weighted by molar-refractivity contribution is 7.16.